The first-order valence-corrected chi connectivity index (χ1v) is 6.31. The minimum absolute atomic E-state index is 0.0150. The molecule has 0 saturated carbocycles. The highest BCUT2D eigenvalue weighted by atomic mass is 35.5. The molecular weight excluding hydrogens is 311 g/mol. The molecule has 0 aliphatic heterocycles. The zero-order valence-electron chi connectivity index (χ0n) is 10.1. The molecule has 0 spiro atoms. The van der Waals surface area contributed by atoms with Gasteiger partial charge in [-0.1, -0.05) is 64.7 Å². The number of nitrogens with one attached hydrogen (secondary N) is 1. The normalized spacial score (nSPS) is 10.5. The van der Waals surface area contributed by atoms with E-state index in [2.05, 4.69) is 17.1 Å². The highest BCUT2D eigenvalue weighted by molar-refractivity contribution is 6.54. The Kier molecular flexibility index (Phi) is 9.04. The molecule has 19 heavy (non-hydrogen) atoms. The Morgan fingerprint density at radius 2 is 1.89 bits per heavy atom. The maximum atomic E-state index is 11.0. The molecule has 1 aromatic rings. The van der Waals surface area contributed by atoms with Crippen molar-refractivity contribution in [3.63, 3.8) is 0 Å². The number of anilines is 1. The van der Waals surface area contributed by atoms with E-state index < -0.39 is 4.84 Å². The number of para-hydroxylation sites is 1. The molecule has 0 aromatic heterocycles. The topological polar surface area (TPSA) is 61.7 Å². The summed E-state index contributed by atoms with van der Waals surface area (Å²) in [4.78, 5) is 10.3. The van der Waals surface area contributed by atoms with Crippen LogP contribution in [0.4, 0.5) is 5.69 Å². The number of carbonyl (C=O) groups excluding carboxylic acids is 1. The maximum Gasteiger partial charge on any atom is 0.266 e. The molecule has 2 N–H and O–H groups in total. The summed E-state index contributed by atoms with van der Waals surface area (Å²) in [5, 5.41) is 13.2. The fourth-order valence-electron chi connectivity index (χ4n) is 0.764. The molecule has 0 aliphatic rings. The summed E-state index contributed by atoms with van der Waals surface area (Å²) in [7, 11) is 0. The van der Waals surface area contributed by atoms with Crippen LogP contribution in [0.5, 0.6) is 0 Å². The van der Waals surface area contributed by atoms with Crippen molar-refractivity contribution in [2.45, 2.75) is 11.8 Å². The Morgan fingerprint density at radius 3 is 2.21 bits per heavy atom. The second-order valence-electron chi connectivity index (χ2n) is 3.27. The van der Waals surface area contributed by atoms with Crippen LogP contribution in [-0.2, 0) is 4.79 Å². The Bertz CT molecular complexity index is 448. The van der Waals surface area contributed by atoms with E-state index in [4.69, 9.17) is 40.0 Å². The molecule has 1 aromatic carbocycles. The molecule has 0 radical (unpaired) electrons. The van der Waals surface area contributed by atoms with Gasteiger partial charge in [0.25, 0.3) is 5.91 Å². The van der Waals surface area contributed by atoms with E-state index in [1.807, 2.05) is 18.2 Å². The predicted molar refractivity (Wildman–Crippen MR) is 80.5 cm³/mol. The van der Waals surface area contributed by atoms with Crippen LogP contribution in [0.3, 0.4) is 0 Å². The van der Waals surface area contributed by atoms with Gasteiger partial charge in [0, 0.05) is 5.69 Å². The van der Waals surface area contributed by atoms with Gasteiger partial charge in [0.15, 0.2) is 0 Å². The second-order valence-corrected chi connectivity index (χ2v) is 4.82. The smallest absolute Gasteiger partial charge is 0.266 e. The number of carbonyl (C=O) groups is 1. The molecule has 0 atom stereocenters. The summed E-state index contributed by atoms with van der Waals surface area (Å²) in [6.07, 6.45) is 0. The summed E-state index contributed by atoms with van der Waals surface area (Å²) in [5.41, 5.74) is 1.02. The first kappa shape index (κ1) is 17.8. The lowest BCUT2D eigenvalue weighted by molar-refractivity contribution is -0.112. The van der Waals surface area contributed by atoms with Crippen LogP contribution < -0.4 is 5.32 Å². The summed E-state index contributed by atoms with van der Waals surface area (Å²) < 4.78 is 0. The minimum Gasteiger partial charge on any atom is -0.411 e. The number of hydrogen-bond acceptors (Lipinski definition) is 3. The van der Waals surface area contributed by atoms with Gasteiger partial charge >= 0.3 is 0 Å². The van der Waals surface area contributed by atoms with Crippen LogP contribution >= 0.6 is 34.8 Å². The van der Waals surface area contributed by atoms with Crippen molar-refractivity contribution in [1.82, 2.24) is 0 Å². The lowest BCUT2D eigenvalue weighted by atomic mass is 10.3. The first-order valence-electron chi connectivity index (χ1n) is 5.06. The largest absolute Gasteiger partial charge is 0.411 e. The van der Waals surface area contributed by atoms with Gasteiger partial charge in [-0.3, -0.25) is 4.79 Å². The van der Waals surface area contributed by atoms with Gasteiger partial charge in [0.05, 0.1) is 10.7 Å². The van der Waals surface area contributed by atoms with Crippen LogP contribution in [0.15, 0.2) is 47.1 Å². The SMILES string of the molecule is C=C(Cl)C(=O)Nc1ccccc1.CC(=NO)C(Cl)Cl. The molecule has 0 unspecified atom stereocenters. The number of nitrogens with zero attached hydrogens (tertiary/aromatic N) is 1. The lowest BCUT2D eigenvalue weighted by Gasteiger charge is -2.01. The van der Waals surface area contributed by atoms with E-state index in [1.54, 1.807) is 12.1 Å². The lowest BCUT2D eigenvalue weighted by Crippen LogP contribution is -2.10. The van der Waals surface area contributed by atoms with Gasteiger partial charge in [0.2, 0.25) is 0 Å². The molecule has 0 heterocycles. The predicted octanol–water partition coefficient (Wildman–Crippen LogP) is 4.02. The number of hydrogen-bond donors (Lipinski definition) is 2. The zero-order chi connectivity index (χ0) is 14.8. The van der Waals surface area contributed by atoms with Gasteiger partial charge in [-0.25, -0.2) is 0 Å². The third-order valence-corrected chi connectivity index (χ3v) is 2.55. The second kappa shape index (κ2) is 9.67. The molecule has 1 amide bonds. The molecule has 0 aliphatic carbocycles. The monoisotopic (exact) mass is 322 g/mol. The number of halogens is 3. The molecule has 0 fully saturated rings. The quantitative estimate of drug-likeness (QED) is 0.290. The van der Waals surface area contributed by atoms with Crippen molar-refractivity contribution in [1.29, 1.82) is 0 Å². The fourth-order valence-corrected chi connectivity index (χ4v) is 0.899. The number of rotatable bonds is 3. The van der Waals surface area contributed by atoms with Crippen molar-refractivity contribution in [2.75, 3.05) is 5.32 Å². The number of alkyl halides is 2. The molecule has 0 bridgehead atoms. The highest BCUT2D eigenvalue weighted by Gasteiger charge is 2.02. The van der Waals surface area contributed by atoms with Crippen molar-refractivity contribution in [3.05, 3.63) is 41.9 Å². The van der Waals surface area contributed by atoms with E-state index in [0.29, 0.717) is 11.4 Å². The average molecular weight is 324 g/mol. The van der Waals surface area contributed by atoms with Crippen molar-refractivity contribution in [2.24, 2.45) is 5.16 Å². The van der Waals surface area contributed by atoms with Gasteiger partial charge in [-0.15, -0.1) is 0 Å². The minimum atomic E-state index is -0.690. The Morgan fingerprint density at radius 1 is 1.37 bits per heavy atom. The fraction of sp³-hybridized carbons (Fsp3) is 0.167. The zero-order valence-corrected chi connectivity index (χ0v) is 12.4. The molecule has 0 saturated heterocycles. The van der Waals surface area contributed by atoms with E-state index in [-0.39, 0.29) is 10.9 Å². The summed E-state index contributed by atoms with van der Waals surface area (Å²) in [5.74, 6) is -0.372. The van der Waals surface area contributed by atoms with Crippen molar-refractivity contribution < 1.29 is 10.0 Å². The van der Waals surface area contributed by atoms with Crippen LogP contribution in [0.2, 0.25) is 0 Å². The molecule has 104 valence electrons. The molecular formula is C12H13Cl3N2O2. The van der Waals surface area contributed by atoms with Crippen LogP contribution in [0.25, 0.3) is 0 Å². The Balaban J connectivity index is 0.000000399. The van der Waals surface area contributed by atoms with Gasteiger partial charge < -0.3 is 10.5 Å². The van der Waals surface area contributed by atoms with Crippen molar-refractivity contribution in [3.8, 4) is 0 Å². The van der Waals surface area contributed by atoms with Crippen LogP contribution in [0, 0.1) is 0 Å². The Labute approximate surface area is 126 Å². The average Bonchev–Trinajstić information content (AvgIpc) is 2.39. The third kappa shape index (κ3) is 8.48. The van der Waals surface area contributed by atoms with Crippen LogP contribution in [-0.4, -0.2) is 21.7 Å². The Hall–Kier alpha value is -1.23. The van der Waals surface area contributed by atoms with Gasteiger partial charge in [-0.05, 0) is 19.1 Å². The van der Waals surface area contributed by atoms with E-state index in [1.165, 1.54) is 6.92 Å². The number of benzene rings is 1. The number of amides is 1. The first-order chi connectivity index (χ1) is 8.88. The molecule has 4 nitrogen and oxygen atoms in total. The number of oxime groups is 1. The van der Waals surface area contributed by atoms with Gasteiger partial charge in [0.1, 0.15) is 4.84 Å². The molecule has 1 rings (SSSR count). The van der Waals surface area contributed by atoms with E-state index in [9.17, 15) is 4.79 Å². The summed E-state index contributed by atoms with van der Waals surface area (Å²) >= 11 is 15.8. The standard InChI is InChI=1S/C9H8ClNO.C3H5Cl2NO/c1-7(10)9(12)11-8-5-3-2-4-6-8;1-2(6-7)3(4)5/h2-6H,1H2,(H,11,12);3,7H,1H3. The van der Waals surface area contributed by atoms with E-state index >= 15 is 0 Å². The van der Waals surface area contributed by atoms with Crippen molar-refractivity contribution >= 4 is 52.1 Å². The molecule has 7 heteroatoms. The summed E-state index contributed by atoms with van der Waals surface area (Å²) in [6, 6.07) is 9.07. The maximum absolute atomic E-state index is 11.0. The highest BCUT2D eigenvalue weighted by Crippen LogP contribution is 2.07. The van der Waals surface area contributed by atoms with Crippen LogP contribution in [0.1, 0.15) is 6.92 Å². The van der Waals surface area contributed by atoms with E-state index in [0.717, 1.165) is 0 Å². The summed E-state index contributed by atoms with van der Waals surface area (Å²) in [6.45, 7) is 4.84. The third-order valence-electron chi connectivity index (χ3n) is 1.75. The van der Waals surface area contributed by atoms with Gasteiger partial charge in [-0.2, -0.15) is 0 Å².